The number of thiazole rings is 1. The van der Waals surface area contributed by atoms with Gasteiger partial charge in [0.15, 0.2) is 0 Å². The van der Waals surface area contributed by atoms with Gasteiger partial charge in [-0.05, 0) is 25.9 Å². The Morgan fingerprint density at radius 2 is 2.15 bits per heavy atom. The maximum absolute atomic E-state index is 11.1. The first kappa shape index (κ1) is 14.9. The van der Waals surface area contributed by atoms with E-state index in [1.165, 1.54) is 11.3 Å². The molecule has 110 valence electrons. The second-order valence-corrected chi connectivity index (χ2v) is 6.01. The average molecular weight is 297 g/mol. The number of nitrogens with two attached hydrogens (primary N) is 1. The van der Waals surface area contributed by atoms with Crippen molar-refractivity contribution in [2.45, 2.75) is 25.7 Å². The normalized spacial score (nSPS) is 17.2. The summed E-state index contributed by atoms with van der Waals surface area (Å²) in [5.41, 5.74) is 5.94. The molecule has 0 aromatic carbocycles. The first-order chi connectivity index (χ1) is 9.54. The van der Waals surface area contributed by atoms with Crippen LogP contribution in [-0.4, -0.2) is 46.5 Å². The van der Waals surface area contributed by atoms with Crippen LogP contribution in [0.4, 0.5) is 0 Å². The van der Waals surface area contributed by atoms with Crippen LogP contribution in [0.5, 0.6) is 0 Å². The van der Waals surface area contributed by atoms with Crippen molar-refractivity contribution in [3.05, 3.63) is 16.1 Å². The van der Waals surface area contributed by atoms with Gasteiger partial charge in [0.05, 0.1) is 17.1 Å². The Labute approximate surface area is 121 Å². The van der Waals surface area contributed by atoms with Gasteiger partial charge in [-0.3, -0.25) is 9.59 Å². The van der Waals surface area contributed by atoms with Crippen LogP contribution in [0.25, 0.3) is 0 Å². The third-order valence-electron chi connectivity index (χ3n) is 3.56. The lowest BCUT2D eigenvalue weighted by atomic mass is 9.96. The molecule has 1 aliphatic rings. The minimum Gasteiger partial charge on any atom is -0.481 e. The summed E-state index contributed by atoms with van der Waals surface area (Å²) in [5.74, 6) is -1.02. The van der Waals surface area contributed by atoms with Gasteiger partial charge >= 0.3 is 5.97 Å². The molecule has 6 nitrogen and oxygen atoms in total. The molecule has 1 aromatic rings. The van der Waals surface area contributed by atoms with Crippen LogP contribution in [0.1, 0.15) is 23.5 Å². The third kappa shape index (κ3) is 4.28. The first-order valence-corrected chi connectivity index (χ1v) is 7.59. The Balaban J connectivity index is 1.74. The number of carboxylic acid groups (broad SMARTS) is 1. The van der Waals surface area contributed by atoms with Gasteiger partial charge in [-0.15, -0.1) is 11.3 Å². The largest absolute Gasteiger partial charge is 0.481 e. The number of carboxylic acids is 1. The van der Waals surface area contributed by atoms with Gasteiger partial charge in [-0.1, -0.05) is 0 Å². The number of piperidine rings is 1. The van der Waals surface area contributed by atoms with Crippen LogP contribution in [0.15, 0.2) is 5.38 Å². The molecule has 0 saturated carbocycles. The molecule has 1 aliphatic heterocycles. The van der Waals surface area contributed by atoms with Crippen molar-refractivity contribution in [2.24, 2.45) is 11.7 Å². The highest BCUT2D eigenvalue weighted by atomic mass is 32.1. The molecule has 0 radical (unpaired) electrons. The second-order valence-electron chi connectivity index (χ2n) is 5.07. The first-order valence-electron chi connectivity index (χ1n) is 6.71. The summed E-state index contributed by atoms with van der Waals surface area (Å²) in [5, 5.41) is 11.5. The molecule has 2 heterocycles. The van der Waals surface area contributed by atoms with E-state index in [4.69, 9.17) is 10.8 Å². The fourth-order valence-corrected chi connectivity index (χ4v) is 3.18. The zero-order valence-corrected chi connectivity index (χ0v) is 12.1. The summed E-state index contributed by atoms with van der Waals surface area (Å²) in [6.07, 6.45) is 2.47. The monoisotopic (exact) mass is 297 g/mol. The summed E-state index contributed by atoms with van der Waals surface area (Å²) in [6.45, 7) is 2.67. The van der Waals surface area contributed by atoms with Crippen LogP contribution in [0.3, 0.4) is 0 Å². The van der Waals surface area contributed by atoms with Crippen LogP contribution in [0.2, 0.25) is 0 Å². The van der Waals surface area contributed by atoms with Gasteiger partial charge in [0.1, 0.15) is 0 Å². The smallest absolute Gasteiger partial charge is 0.309 e. The van der Waals surface area contributed by atoms with E-state index in [2.05, 4.69) is 9.88 Å². The van der Waals surface area contributed by atoms with E-state index in [9.17, 15) is 9.59 Å². The van der Waals surface area contributed by atoms with Crippen LogP contribution >= 0.6 is 11.3 Å². The molecular weight excluding hydrogens is 278 g/mol. The number of hydrogen-bond acceptors (Lipinski definition) is 5. The molecule has 0 atom stereocenters. The summed E-state index contributed by atoms with van der Waals surface area (Å²) in [7, 11) is 0. The van der Waals surface area contributed by atoms with Gasteiger partial charge in [-0.2, -0.15) is 0 Å². The standard InChI is InChI=1S/C13H19N3O3S/c14-13(19)9-1-4-16(5-2-9)6-3-11-15-10(8-20-11)7-12(17)18/h8-9H,1-7H2,(H2,14,19)(H,17,18). The number of carbonyl (C=O) groups is 2. The van der Waals surface area contributed by atoms with Gasteiger partial charge in [0.25, 0.3) is 0 Å². The molecule has 0 bridgehead atoms. The third-order valence-corrected chi connectivity index (χ3v) is 4.52. The Morgan fingerprint density at radius 3 is 2.75 bits per heavy atom. The molecule has 0 spiro atoms. The molecule has 2 rings (SSSR count). The highest BCUT2D eigenvalue weighted by Crippen LogP contribution is 2.18. The Kier molecular flexibility index (Phi) is 5.08. The number of rotatable bonds is 6. The van der Waals surface area contributed by atoms with Gasteiger partial charge < -0.3 is 15.7 Å². The molecule has 1 fully saturated rings. The van der Waals surface area contributed by atoms with Crippen LogP contribution in [0, 0.1) is 5.92 Å². The molecular formula is C13H19N3O3S. The van der Waals surface area contributed by atoms with Crippen molar-refractivity contribution in [1.82, 2.24) is 9.88 Å². The molecule has 1 amide bonds. The van der Waals surface area contributed by atoms with E-state index in [1.807, 2.05) is 5.38 Å². The number of aromatic nitrogens is 1. The van der Waals surface area contributed by atoms with Crippen molar-refractivity contribution < 1.29 is 14.7 Å². The molecule has 7 heteroatoms. The molecule has 20 heavy (non-hydrogen) atoms. The quantitative estimate of drug-likeness (QED) is 0.797. The van der Waals surface area contributed by atoms with Crippen molar-refractivity contribution in [1.29, 1.82) is 0 Å². The lowest BCUT2D eigenvalue weighted by Crippen LogP contribution is -2.39. The Bertz CT molecular complexity index is 481. The summed E-state index contributed by atoms with van der Waals surface area (Å²) < 4.78 is 0. The van der Waals surface area contributed by atoms with E-state index in [0.29, 0.717) is 5.69 Å². The van der Waals surface area contributed by atoms with Gasteiger partial charge in [0.2, 0.25) is 5.91 Å². The van der Waals surface area contributed by atoms with E-state index in [-0.39, 0.29) is 18.2 Å². The number of primary amides is 1. The fourth-order valence-electron chi connectivity index (χ4n) is 2.39. The van der Waals surface area contributed by atoms with Crippen LogP contribution < -0.4 is 5.73 Å². The molecule has 0 aliphatic carbocycles. The minimum atomic E-state index is -0.852. The van der Waals surface area contributed by atoms with E-state index < -0.39 is 5.97 Å². The number of aliphatic carboxylic acids is 1. The zero-order chi connectivity index (χ0) is 14.5. The van der Waals surface area contributed by atoms with E-state index in [0.717, 1.165) is 43.9 Å². The van der Waals surface area contributed by atoms with Crippen molar-refractivity contribution in [3.63, 3.8) is 0 Å². The highest BCUT2D eigenvalue weighted by Gasteiger charge is 2.22. The number of nitrogens with zero attached hydrogens (tertiary/aromatic N) is 2. The van der Waals surface area contributed by atoms with Gasteiger partial charge in [-0.25, -0.2) is 4.98 Å². The Morgan fingerprint density at radius 1 is 1.45 bits per heavy atom. The second kappa shape index (κ2) is 6.81. The minimum absolute atomic E-state index is 0.0134. The zero-order valence-electron chi connectivity index (χ0n) is 11.2. The van der Waals surface area contributed by atoms with Crippen LogP contribution in [-0.2, 0) is 22.4 Å². The molecule has 3 N–H and O–H groups in total. The maximum atomic E-state index is 11.1. The number of carbonyl (C=O) groups excluding carboxylic acids is 1. The molecule has 0 unspecified atom stereocenters. The lowest BCUT2D eigenvalue weighted by molar-refractivity contribution is -0.136. The summed E-state index contributed by atoms with van der Waals surface area (Å²) >= 11 is 1.51. The molecule has 1 aromatic heterocycles. The lowest BCUT2D eigenvalue weighted by Gasteiger charge is -2.30. The average Bonchev–Trinajstić information content (AvgIpc) is 2.83. The number of likely N-dealkylation sites (tertiary alicyclic amines) is 1. The summed E-state index contributed by atoms with van der Waals surface area (Å²) in [6, 6.07) is 0. The van der Waals surface area contributed by atoms with Crippen molar-refractivity contribution in [3.8, 4) is 0 Å². The SMILES string of the molecule is NC(=O)C1CCN(CCc2nc(CC(=O)O)cs2)CC1. The fraction of sp³-hybridized carbons (Fsp3) is 0.615. The van der Waals surface area contributed by atoms with Crippen molar-refractivity contribution >= 4 is 23.2 Å². The number of hydrogen-bond donors (Lipinski definition) is 2. The summed E-state index contributed by atoms with van der Waals surface area (Å²) in [4.78, 5) is 28.3. The highest BCUT2D eigenvalue weighted by molar-refractivity contribution is 7.09. The molecule has 1 saturated heterocycles. The van der Waals surface area contributed by atoms with Gasteiger partial charge in [0, 0.05) is 24.3 Å². The van der Waals surface area contributed by atoms with E-state index >= 15 is 0 Å². The topological polar surface area (TPSA) is 96.5 Å². The van der Waals surface area contributed by atoms with E-state index in [1.54, 1.807) is 0 Å². The Hall–Kier alpha value is -1.47. The number of amides is 1. The van der Waals surface area contributed by atoms with Crippen molar-refractivity contribution in [2.75, 3.05) is 19.6 Å². The predicted molar refractivity (Wildman–Crippen MR) is 75.5 cm³/mol. The predicted octanol–water partition coefficient (Wildman–Crippen LogP) is 0.510. The maximum Gasteiger partial charge on any atom is 0.309 e.